The molecule has 0 aliphatic rings. The number of aromatic nitrogens is 2. The van der Waals surface area contributed by atoms with Crippen molar-refractivity contribution in [1.82, 2.24) is 14.7 Å². The smallest absolute Gasteiger partial charge is 0.267 e. The first-order valence-electron chi connectivity index (χ1n) is 12.8. The Hall–Kier alpha value is -5.25. The number of methoxy groups -OCH3 is 4. The van der Waals surface area contributed by atoms with Gasteiger partial charge in [-0.1, -0.05) is 6.07 Å². The van der Waals surface area contributed by atoms with Crippen LogP contribution in [-0.4, -0.2) is 50.3 Å². The molecular weight excluding hydrogens is 526 g/mol. The summed E-state index contributed by atoms with van der Waals surface area (Å²) in [6, 6.07) is 16.3. The fourth-order valence-corrected chi connectivity index (χ4v) is 5.28. The van der Waals surface area contributed by atoms with E-state index in [0.717, 1.165) is 16.3 Å². The molecule has 6 rings (SSSR count). The summed E-state index contributed by atoms with van der Waals surface area (Å²) in [5.41, 5.74) is 2.70. The van der Waals surface area contributed by atoms with E-state index < -0.39 is 0 Å². The molecule has 10 nitrogen and oxygen atoms in total. The van der Waals surface area contributed by atoms with E-state index in [2.05, 4.69) is 10.3 Å². The number of hydrogen-bond donors (Lipinski definition) is 1. The molecule has 0 saturated heterocycles. The highest BCUT2D eigenvalue weighted by Gasteiger charge is 2.22. The lowest BCUT2D eigenvalue weighted by molar-refractivity contribution is -0.123. The van der Waals surface area contributed by atoms with Crippen molar-refractivity contribution in [1.29, 1.82) is 0 Å². The van der Waals surface area contributed by atoms with Gasteiger partial charge in [0.1, 0.15) is 5.75 Å². The number of benzene rings is 3. The fourth-order valence-electron chi connectivity index (χ4n) is 5.28. The van der Waals surface area contributed by atoms with Crippen LogP contribution in [-0.2, 0) is 11.3 Å². The SMILES string of the molecule is COc1ccc(CNC(=O)COc2ccc3c(c2)c2ccnc4c5ccc(OC)c(OC)c5c(=O)n3c24)cc1OC. The van der Waals surface area contributed by atoms with Crippen molar-refractivity contribution in [2.75, 3.05) is 35.0 Å². The summed E-state index contributed by atoms with van der Waals surface area (Å²) in [5, 5.41) is 5.57. The number of carbonyl (C=O) groups is 1. The lowest BCUT2D eigenvalue weighted by atomic mass is 10.1. The second-order valence-corrected chi connectivity index (χ2v) is 9.35. The van der Waals surface area contributed by atoms with Gasteiger partial charge in [-0.2, -0.15) is 0 Å². The van der Waals surface area contributed by atoms with E-state index in [1.54, 1.807) is 43.0 Å². The highest BCUT2D eigenvalue weighted by atomic mass is 16.5. The van der Waals surface area contributed by atoms with Crippen molar-refractivity contribution in [3.05, 3.63) is 76.7 Å². The maximum absolute atomic E-state index is 13.9. The number of rotatable bonds is 9. The van der Waals surface area contributed by atoms with Crippen molar-refractivity contribution in [3.8, 4) is 28.7 Å². The minimum Gasteiger partial charge on any atom is -0.493 e. The molecule has 10 heteroatoms. The van der Waals surface area contributed by atoms with Gasteiger partial charge in [-0.05, 0) is 54.1 Å². The third kappa shape index (κ3) is 4.24. The summed E-state index contributed by atoms with van der Waals surface area (Å²) >= 11 is 0. The van der Waals surface area contributed by atoms with E-state index in [0.29, 0.717) is 62.6 Å². The molecule has 0 fully saturated rings. The van der Waals surface area contributed by atoms with Crippen molar-refractivity contribution < 1.29 is 28.5 Å². The van der Waals surface area contributed by atoms with Crippen LogP contribution in [0.25, 0.3) is 38.1 Å². The van der Waals surface area contributed by atoms with E-state index in [1.165, 1.54) is 14.2 Å². The number of pyridine rings is 2. The zero-order chi connectivity index (χ0) is 28.7. The Morgan fingerprint density at radius 1 is 0.829 bits per heavy atom. The molecule has 0 unspecified atom stereocenters. The van der Waals surface area contributed by atoms with Crippen LogP contribution in [0.5, 0.6) is 28.7 Å². The molecule has 3 aromatic carbocycles. The molecule has 6 aromatic rings. The number of nitrogens with one attached hydrogen (secondary N) is 1. The average molecular weight is 554 g/mol. The van der Waals surface area contributed by atoms with Gasteiger partial charge in [0.15, 0.2) is 29.6 Å². The summed E-state index contributed by atoms with van der Waals surface area (Å²) in [6.45, 7) is 0.132. The molecule has 0 saturated carbocycles. The first-order chi connectivity index (χ1) is 20.0. The fraction of sp³-hybridized carbons (Fsp3) is 0.194. The van der Waals surface area contributed by atoms with Gasteiger partial charge in [0.05, 0.1) is 50.4 Å². The molecule has 1 amide bonds. The van der Waals surface area contributed by atoms with Crippen LogP contribution in [0.1, 0.15) is 5.56 Å². The minimum absolute atomic E-state index is 0.175. The van der Waals surface area contributed by atoms with Gasteiger partial charge in [0.25, 0.3) is 11.5 Å². The van der Waals surface area contributed by atoms with E-state index >= 15 is 0 Å². The highest BCUT2D eigenvalue weighted by Crippen LogP contribution is 2.39. The standard InChI is InChI=1S/C31H27N3O7/c1-37-23-9-5-17(13-25(23)39-3)15-33-26(35)16-41-18-6-8-22-21(14-18)19-11-12-32-28-20-7-10-24(38-2)30(40-4)27(20)31(36)34(22)29(19)28/h5-14H,15-16H2,1-4H3,(H,33,35). The second kappa shape index (κ2) is 10.4. The topological polar surface area (TPSA) is 110 Å². The molecular formula is C31H27N3O7. The summed E-state index contributed by atoms with van der Waals surface area (Å²) < 4.78 is 29.1. The van der Waals surface area contributed by atoms with E-state index in [1.807, 2.05) is 36.4 Å². The van der Waals surface area contributed by atoms with Crippen molar-refractivity contribution in [2.24, 2.45) is 0 Å². The van der Waals surface area contributed by atoms with Crippen molar-refractivity contribution in [2.45, 2.75) is 6.54 Å². The number of carbonyl (C=O) groups excluding carboxylic acids is 1. The molecule has 0 radical (unpaired) electrons. The zero-order valence-corrected chi connectivity index (χ0v) is 22.9. The Morgan fingerprint density at radius 3 is 2.37 bits per heavy atom. The summed E-state index contributed by atoms with van der Waals surface area (Å²) in [5.74, 6) is 2.25. The lowest BCUT2D eigenvalue weighted by Gasteiger charge is -2.12. The number of fused-ring (bicyclic) bond motifs is 5. The van der Waals surface area contributed by atoms with Gasteiger partial charge in [-0.3, -0.25) is 19.0 Å². The number of nitrogens with zero attached hydrogens (tertiary/aromatic N) is 2. The molecule has 41 heavy (non-hydrogen) atoms. The summed E-state index contributed by atoms with van der Waals surface area (Å²) in [4.78, 5) is 31.1. The highest BCUT2D eigenvalue weighted by molar-refractivity contribution is 6.19. The van der Waals surface area contributed by atoms with Gasteiger partial charge in [0, 0.05) is 28.9 Å². The van der Waals surface area contributed by atoms with Gasteiger partial charge in [-0.25, -0.2) is 0 Å². The van der Waals surface area contributed by atoms with Crippen LogP contribution < -0.4 is 34.6 Å². The van der Waals surface area contributed by atoms with E-state index in [4.69, 9.17) is 23.7 Å². The molecule has 0 atom stereocenters. The number of ether oxygens (including phenoxy) is 5. The lowest BCUT2D eigenvalue weighted by Crippen LogP contribution is -2.28. The maximum atomic E-state index is 13.9. The first kappa shape index (κ1) is 26.0. The van der Waals surface area contributed by atoms with Crippen LogP contribution >= 0.6 is 0 Å². The van der Waals surface area contributed by atoms with Gasteiger partial charge < -0.3 is 29.0 Å². The first-order valence-corrected chi connectivity index (χ1v) is 12.8. The van der Waals surface area contributed by atoms with Crippen LogP contribution in [0, 0.1) is 0 Å². The van der Waals surface area contributed by atoms with Crippen LogP contribution in [0.3, 0.4) is 0 Å². The Balaban J connectivity index is 1.31. The number of amides is 1. The predicted octanol–water partition coefficient (Wildman–Crippen LogP) is 4.32. The van der Waals surface area contributed by atoms with Gasteiger partial charge in [-0.15, -0.1) is 0 Å². The molecule has 0 aliphatic heterocycles. The Morgan fingerprint density at radius 2 is 1.61 bits per heavy atom. The molecule has 0 spiro atoms. The van der Waals surface area contributed by atoms with Crippen molar-refractivity contribution >= 4 is 44.0 Å². The molecule has 0 aliphatic carbocycles. The third-order valence-electron chi connectivity index (χ3n) is 7.17. The summed E-state index contributed by atoms with van der Waals surface area (Å²) in [7, 11) is 6.18. The van der Waals surface area contributed by atoms with Gasteiger partial charge in [0.2, 0.25) is 0 Å². The third-order valence-corrected chi connectivity index (χ3v) is 7.17. The van der Waals surface area contributed by atoms with E-state index in [-0.39, 0.29) is 18.1 Å². The average Bonchev–Trinajstić information content (AvgIpc) is 3.35. The van der Waals surface area contributed by atoms with Crippen LogP contribution in [0.4, 0.5) is 0 Å². The molecule has 3 aromatic heterocycles. The van der Waals surface area contributed by atoms with E-state index in [9.17, 15) is 9.59 Å². The predicted molar refractivity (Wildman–Crippen MR) is 155 cm³/mol. The van der Waals surface area contributed by atoms with Gasteiger partial charge >= 0.3 is 0 Å². The largest absolute Gasteiger partial charge is 0.493 e. The minimum atomic E-state index is -0.279. The van der Waals surface area contributed by atoms with Crippen LogP contribution in [0.15, 0.2) is 65.6 Å². The Labute approximate surface area is 234 Å². The Bertz CT molecular complexity index is 2000. The zero-order valence-electron chi connectivity index (χ0n) is 22.9. The normalized spacial score (nSPS) is 11.3. The Kier molecular flexibility index (Phi) is 6.58. The summed E-state index contributed by atoms with van der Waals surface area (Å²) in [6.07, 6.45) is 1.72. The molecule has 0 bridgehead atoms. The monoisotopic (exact) mass is 553 g/mol. The second-order valence-electron chi connectivity index (χ2n) is 9.35. The number of hydrogen-bond acceptors (Lipinski definition) is 8. The van der Waals surface area contributed by atoms with Crippen molar-refractivity contribution in [3.63, 3.8) is 0 Å². The molecule has 1 N–H and O–H groups in total. The maximum Gasteiger partial charge on any atom is 0.267 e. The molecule has 208 valence electrons. The molecule has 3 heterocycles. The quantitative estimate of drug-likeness (QED) is 0.264. The van der Waals surface area contributed by atoms with Crippen LogP contribution in [0.2, 0.25) is 0 Å².